The minimum atomic E-state index is -0.167. The van der Waals surface area contributed by atoms with Gasteiger partial charge in [0.05, 0.1) is 18.0 Å². The Bertz CT molecular complexity index is 898. The molecule has 140 valence electrons. The van der Waals surface area contributed by atoms with Gasteiger partial charge in [0.2, 0.25) is 11.1 Å². The Labute approximate surface area is 161 Å². The van der Waals surface area contributed by atoms with Crippen molar-refractivity contribution in [2.45, 2.75) is 18.5 Å². The van der Waals surface area contributed by atoms with Gasteiger partial charge >= 0.3 is 0 Å². The maximum absolute atomic E-state index is 12.3. The number of nitrogens with zero attached hydrogens (tertiary/aromatic N) is 3. The summed E-state index contributed by atoms with van der Waals surface area (Å²) >= 11 is 1.24. The maximum Gasteiger partial charge on any atom is 0.234 e. The normalized spacial score (nSPS) is 10.6. The molecule has 0 atom stereocenters. The maximum atomic E-state index is 12.3. The highest BCUT2D eigenvalue weighted by Crippen LogP contribution is 2.24. The van der Waals surface area contributed by atoms with Gasteiger partial charge < -0.3 is 15.9 Å². The van der Waals surface area contributed by atoms with E-state index in [4.69, 9.17) is 10.6 Å². The van der Waals surface area contributed by atoms with Crippen molar-refractivity contribution >= 4 is 23.4 Å². The van der Waals surface area contributed by atoms with Crippen LogP contribution in [0.5, 0.6) is 5.75 Å². The fraction of sp³-hybridized carbons (Fsp3) is 0.211. The molecular weight excluding hydrogens is 362 g/mol. The number of hydrogen-bond donors (Lipinski definition) is 2. The van der Waals surface area contributed by atoms with Crippen molar-refractivity contribution in [1.29, 1.82) is 0 Å². The number of para-hydroxylation sites is 2. The second-order valence-electron chi connectivity index (χ2n) is 5.70. The lowest BCUT2D eigenvalue weighted by Crippen LogP contribution is -2.17. The van der Waals surface area contributed by atoms with Crippen molar-refractivity contribution in [1.82, 2.24) is 14.9 Å². The molecule has 0 aliphatic carbocycles. The Hall–Kier alpha value is -3.00. The largest absolute Gasteiger partial charge is 0.492 e. The van der Waals surface area contributed by atoms with Gasteiger partial charge in [0.15, 0.2) is 5.82 Å². The molecule has 3 N–H and O–H groups in total. The molecule has 2 aromatic carbocycles. The highest BCUT2D eigenvalue weighted by atomic mass is 32.2. The molecule has 0 saturated heterocycles. The molecule has 0 fully saturated rings. The number of ether oxygens (including phenoxy) is 1. The Kier molecular flexibility index (Phi) is 6.32. The fourth-order valence-electron chi connectivity index (χ4n) is 2.47. The standard InChI is InChI=1S/C19H21N5O2S/c1-2-26-16-11-7-6-10-15(16)21-18(25)13-27-19-23-22-17(24(19)20)12-14-8-4-3-5-9-14/h3-11H,2,12-13,20H2,1H3,(H,21,25). The van der Waals surface area contributed by atoms with Crippen LogP contribution in [0.25, 0.3) is 0 Å². The number of nitrogens with one attached hydrogen (secondary N) is 1. The number of rotatable bonds is 8. The van der Waals surface area contributed by atoms with Gasteiger partial charge in [0.1, 0.15) is 5.75 Å². The Morgan fingerprint density at radius 1 is 1.15 bits per heavy atom. The van der Waals surface area contributed by atoms with E-state index >= 15 is 0 Å². The van der Waals surface area contributed by atoms with Crippen LogP contribution in [0, 0.1) is 0 Å². The van der Waals surface area contributed by atoms with Gasteiger partial charge in [-0.2, -0.15) is 0 Å². The lowest BCUT2D eigenvalue weighted by atomic mass is 10.1. The van der Waals surface area contributed by atoms with E-state index < -0.39 is 0 Å². The summed E-state index contributed by atoms with van der Waals surface area (Å²) in [5.74, 6) is 7.36. The third-order valence-corrected chi connectivity index (χ3v) is 4.68. The molecule has 3 rings (SSSR count). The molecule has 7 nitrogen and oxygen atoms in total. The molecule has 0 radical (unpaired) electrons. The van der Waals surface area contributed by atoms with Crippen LogP contribution >= 0.6 is 11.8 Å². The first-order chi connectivity index (χ1) is 13.2. The summed E-state index contributed by atoms with van der Waals surface area (Å²) in [5, 5.41) is 11.6. The Morgan fingerprint density at radius 2 is 1.89 bits per heavy atom. The van der Waals surface area contributed by atoms with E-state index in [0.29, 0.717) is 35.4 Å². The van der Waals surface area contributed by atoms with Crippen LogP contribution in [0.1, 0.15) is 18.3 Å². The molecular formula is C19H21N5O2S. The second-order valence-corrected chi connectivity index (χ2v) is 6.64. The molecule has 0 spiro atoms. The van der Waals surface area contributed by atoms with Gasteiger partial charge in [-0.3, -0.25) is 4.79 Å². The average molecular weight is 383 g/mol. The van der Waals surface area contributed by atoms with Crippen LogP contribution in [0.2, 0.25) is 0 Å². The first kappa shape index (κ1) is 18.8. The van der Waals surface area contributed by atoms with Gasteiger partial charge in [-0.1, -0.05) is 54.2 Å². The van der Waals surface area contributed by atoms with E-state index in [1.54, 1.807) is 6.07 Å². The summed E-state index contributed by atoms with van der Waals surface area (Å²) in [6.45, 7) is 2.43. The van der Waals surface area contributed by atoms with E-state index in [1.807, 2.05) is 55.5 Å². The summed E-state index contributed by atoms with van der Waals surface area (Å²) in [7, 11) is 0. The van der Waals surface area contributed by atoms with E-state index in [9.17, 15) is 4.79 Å². The zero-order chi connectivity index (χ0) is 19.1. The number of aromatic nitrogens is 3. The van der Waals surface area contributed by atoms with E-state index in [1.165, 1.54) is 16.4 Å². The number of nitrogens with two attached hydrogens (primary N) is 1. The topological polar surface area (TPSA) is 95.1 Å². The van der Waals surface area contributed by atoms with Crippen molar-refractivity contribution in [2.75, 3.05) is 23.5 Å². The molecule has 0 saturated carbocycles. The fourth-order valence-corrected chi connectivity index (χ4v) is 3.15. The van der Waals surface area contributed by atoms with Crippen molar-refractivity contribution < 1.29 is 9.53 Å². The minimum absolute atomic E-state index is 0.167. The first-order valence-electron chi connectivity index (χ1n) is 8.55. The molecule has 27 heavy (non-hydrogen) atoms. The van der Waals surface area contributed by atoms with Gasteiger partial charge in [-0.05, 0) is 24.6 Å². The van der Waals surface area contributed by atoms with Crippen LogP contribution in [-0.2, 0) is 11.2 Å². The van der Waals surface area contributed by atoms with Gasteiger partial charge in [-0.25, -0.2) is 4.68 Å². The van der Waals surface area contributed by atoms with Crippen LogP contribution in [0.3, 0.4) is 0 Å². The predicted octanol–water partition coefficient (Wildman–Crippen LogP) is 2.71. The van der Waals surface area contributed by atoms with Crippen LogP contribution in [0.15, 0.2) is 59.8 Å². The van der Waals surface area contributed by atoms with Gasteiger partial charge in [-0.15, -0.1) is 10.2 Å². The lowest BCUT2D eigenvalue weighted by molar-refractivity contribution is -0.113. The number of carbonyl (C=O) groups is 1. The zero-order valence-corrected chi connectivity index (χ0v) is 15.8. The molecule has 0 unspecified atom stereocenters. The summed E-state index contributed by atoms with van der Waals surface area (Å²) in [6, 6.07) is 17.2. The van der Waals surface area contributed by atoms with Crippen molar-refractivity contribution in [2.24, 2.45) is 0 Å². The molecule has 0 aliphatic rings. The number of thioether (sulfide) groups is 1. The third-order valence-electron chi connectivity index (χ3n) is 3.73. The summed E-state index contributed by atoms with van der Waals surface area (Å²) in [4.78, 5) is 12.3. The third kappa shape index (κ3) is 5.01. The average Bonchev–Trinajstić information content (AvgIpc) is 3.02. The van der Waals surface area contributed by atoms with Crippen molar-refractivity contribution in [3.05, 3.63) is 66.0 Å². The van der Waals surface area contributed by atoms with Crippen molar-refractivity contribution in [3.8, 4) is 5.75 Å². The van der Waals surface area contributed by atoms with Gasteiger partial charge in [0.25, 0.3) is 0 Å². The van der Waals surface area contributed by atoms with Gasteiger partial charge in [0, 0.05) is 6.42 Å². The monoisotopic (exact) mass is 383 g/mol. The summed E-state index contributed by atoms with van der Waals surface area (Å²) in [6.07, 6.45) is 0.582. The second kappa shape index (κ2) is 9.09. The van der Waals surface area contributed by atoms with E-state index in [0.717, 1.165) is 5.56 Å². The molecule has 1 amide bonds. The highest BCUT2D eigenvalue weighted by molar-refractivity contribution is 7.99. The first-order valence-corrected chi connectivity index (χ1v) is 9.53. The quantitative estimate of drug-likeness (QED) is 0.459. The number of anilines is 1. The molecule has 0 bridgehead atoms. The Morgan fingerprint density at radius 3 is 2.67 bits per heavy atom. The van der Waals surface area contributed by atoms with Crippen molar-refractivity contribution in [3.63, 3.8) is 0 Å². The SMILES string of the molecule is CCOc1ccccc1NC(=O)CSc1nnc(Cc2ccccc2)n1N. The summed E-state index contributed by atoms with van der Waals surface area (Å²) in [5.41, 5.74) is 1.74. The minimum Gasteiger partial charge on any atom is -0.492 e. The van der Waals surface area contributed by atoms with Crippen LogP contribution in [0.4, 0.5) is 5.69 Å². The molecule has 3 aromatic rings. The number of nitrogen functional groups attached to an aromatic ring is 1. The van der Waals surface area contributed by atoms with Crippen LogP contribution in [-0.4, -0.2) is 33.1 Å². The number of carbonyl (C=O) groups excluding carboxylic acids is 1. The van der Waals surface area contributed by atoms with E-state index in [2.05, 4.69) is 15.5 Å². The molecule has 1 aromatic heterocycles. The van der Waals surface area contributed by atoms with E-state index in [-0.39, 0.29) is 11.7 Å². The molecule has 8 heteroatoms. The smallest absolute Gasteiger partial charge is 0.234 e. The number of amides is 1. The number of benzene rings is 2. The zero-order valence-electron chi connectivity index (χ0n) is 15.0. The Balaban J connectivity index is 1.58. The van der Waals surface area contributed by atoms with Crippen LogP contribution < -0.4 is 15.9 Å². The molecule has 0 aliphatic heterocycles. The molecule has 1 heterocycles. The lowest BCUT2D eigenvalue weighted by Gasteiger charge is -2.11. The number of hydrogen-bond acceptors (Lipinski definition) is 6. The highest BCUT2D eigenvalue weighted by Gasteiger charge is 2.14. The predicted molar refractivity (Wildman–Crippen MR) is 106 cm³/mol. The summed E-state index contributed by atoms with van der Waals surface area (Å²) < 4.78 is 6.94.